The van der Waals surface area contributed by atoms with Crippen molar-refractivity contribution in [2.75, 3.05) is 6.61 Å². The molecule has 0 atom stereocenters. The van der Waals surface area contributed by atoms with Crippen LogP contribution in [0.15, 0.2) is 30.3 Å². The molecule has 2 nitrogen and oxygen atoms in total. The molecule has 82 valence electrons. The van der Waals surface area contributed by atoms with Crippen LogP contribution in [0.4, 0.5) is 13.2 Å². The Labute approximate surface area is 84.3 Å². The van der Waals surface area contributed by atoms with E-state index in [1.54, 1.807) is 0 Å². The second-order valence-electron chi connectivity index (χ2n) is 2.85. The average molecular weight is 218 g/mol. The third-order valence-electron chi connectivity index (χ3n) is 1.76. The van der Waals surface area contributed by atoms with E-state index in [0.717, 1.165) is 6.07 Å². The lowest BCUT2D eigenvalue weighted by Crippen LogP contribution is -2.11. The molecular weight excluding hydrogens is 209 g/mol. The molecule has 2 N–H and O–H groups in total. The highest BCUT2D eigenvalue weighted by Gasteiger charge is 2.34. The molecule has 1 rings (SSSR count). The van der Waals surface area contributed by atoms with E-state index in [0.29, 0.717) is 6.08 Å². The van der Waals surface area contributed by atoms with Crippen LogP contribution in [0.2, 0.25) is 0 Å². The number of aliphatic hydroxyl groups is 1. The van der Waals surface area contributed by atoms with Gasteiger partial charge in [0.25, 0.3) is 0 Å². The molecular formula is C10H9F3O2. The topological polar surface area (TPSA) is 40.5 Å². The predicted octanol–water partition coefficient (Wildman–Crippen LogP) is 2.33. The van der Waals surface area contributed by atoms with Gasteiger partial charge in [-0.25, -0.2) is 0 Å². The second kappa shape index (κ2) is 4.35. The van der Waals surface area contributed by atoms with Gasteiger partial charge in [-0.1, -0.05) is 12.1 Å². The van der Waals surface area contributed by atoms with Crippen LogP contribution in [-0.4, -0.2) is 23.0 Å². The number of alkyl halides is 3. The molecule has 0 aromatic heterocycles. The summed E-state index contributed by atoms with van der Waals surface area (Å²) in [6.07, 6.45) is -3.88. The fourth-order valence-electron chi connectivity index (χ4n) is 1.16. The summed E-state index contributed by atoms with van der Waals surface area (Å²) in [6, 6.07) is 4.79. The monoisotopic (exact) mass is 218 g/mol. The Kier molecular flexibility index (Phi) is 3.36. The molecule has 0 aliphatic rings. The van der Waals surface area contributed by atoms with Gasteiger partial charge >= 0.3 is 6.18 Å². The first-order chi connectivity index (χ1) is 6.95. The molecule has 1 aromatic rings. The van der Waals surface area contributed by atoms with Gasteiger partial charge in [0.05, 0.1) is 12.2 Å². The molecule has 0 amide bonds. The van der Waals surface area contributed by atoms with Crippen LogP contribution in [0.3, 0.4) is 0 Å². The van der Waals surface area contributed by atoms with Crippen molar-refractivity contribution >= 4 is 5.57 Å². The lowest BCUT2D eigenvalue weighted by molar-refractivity contribution is -0.0692. The van der Waals surface area contributed by atoms with Crippen molar-refractivity contribution in [3.63, 3.8) is 0 Å². The maximum Gasteiger partial charge on any atom is 0.416 e. The predicted molar refractivity (Wildman–Crippen MR) is 49.2 cm³/mol. The molecule has 0 bridgehead atoms. The van der Waals surface area contributed by atoms with Gasteiger partial charge in [0.15, 0.2) is 0 Å². The van der Waals surface area contributed by atoms with Gasteiger partial charge in [0.2, 0.25) is 0 Å². The van der Waals surface area contributed by atoms with Crippen LogP contribution in [0, 0.1) is 0 Å². The molecule has 0 spiro atoms. The number of rotatable bonds is 2. The number of hydrogen-bond acceptors (Lipinski definition) is 2. The maximum absolute atomic E-state index is 12.5. The quantitative estimate of drug-likeness (QED) is 0.799. The normalized spacial score (nSPS) is 12.9. The number of hydrogen-bond donors (Lipinski definition) is 2. The molecule has 0 heterocycles. The van der Waals surface area contributed by atoms with Gasteiger partial charge < -0.3 is 10.2 Å². The molecule has 0 aliphatic heterocycles. The fraction of sp³-hybridized carbons (Fsp3) is 0.200. The minimum atomic E-state index is -4.55. The van der Waals surface area contributed by atoms with Crippen molar-refractivity contribution in [1.82, 2.24) is 0 Å². The Morgan fingerprint density at radius 3 is 2.47 bits per heavy atom. The number of aromatic hydroxyl groups is 1. The lowest BCUT2D eigenvalue weighted by Gasteiger charge is -2.11. The smallest absolute Gasteiger partial charge is 0.416 e. The van der Waals surface area contributed by atoms with Crippen LogP contribution in [0.5, 0.6) is 5.75 Å². The number of halogens is 3. The standard InChI is InChI=1S/C10H9F3O2/c11-10(12,13)9(4-5-14)7-2-1-3-8(15)6-7/h1-4,6,14-15H,5H2/b9-4+. The van der Waals surface area contributed by atoms with Gasteiger partial charge in [0.1, 0.15) is 5.75 Å². The molecule has 5 heteroatoms. The lowest BCUT2D eigenvalue weighted by atomic mass is 10.1. The largest absolute Gasteiger partial charge is 0.508 e. The first-order valence-corrected chi connectivity index (χ1v) is 4.13. The van der Waals surface area contributed by atoms with Crippen molar-refractivity contribution in [1.29, 1.82) is 0 Å². The Morgan fingerprint density at radius 2 is 2.00 bits per heavy atom. The van der Waals surface area contributed by atoms with Crippen molar-refractivity contribution < 1.29 is 23.4 Å². The summed E-state index contributed by atoms with van der Waals surface area (Å²) in [5.41, 5.74) is -1.13. The maximum atomic E-state index is 12.5. The summed E-state index contributed by atoms with van der Waals surface area (Å²) >= 11 is 0. The molecule has 0 unspecified atom stereocenters. The molecule has 0 saturated carbocycles. The Balaban J connectivity index is 3.17. The molecule has 1 aromatic carbocycles. The summed E-state index contributed by atoms with van der Waals surface area (Å²) in [5.74, 6) is -0.249. The molecule has 15 heavy (non-hydrogen) atoms. The van der Waals surface area contributed by atoms with Crippen molar-refractivity contribution in [3.05, 3.63) is 35.9 Å². The van der Waals surface area contributed by atoms with E-state index < -0.39 is 18.4 Å². The van der Waals surface area contributed by atoms with Crippen LogP contribution >= 0.6 is 0 Å². The van der Waals surface area contributed by atoms with Crippen molar-refractivity contribution in [2.24, 2.45) is 0 Å². The van der Waals surface area contributed by atoms with Gasteiger partial charge in [0, 0.05) is 0 Å². The van der Waals surface area contributed by atoms with E-state index in [-0.39, 0.29) is 11.3 Å². The van der Waals surface area contributed by atoms with Gasteiger partial charge in [-0.15, -0.1) is 0 Å². The van der Waals surface area contributed by atoms with Crippen molar-refractivity contribution in [2.45, 2.75) is 6.18 Å². The zero-order chi connectivity index (χ0) is 11.5. The molecule has 0 aliphatic carbocycles. The van der Waals surface area contributed by atoms with Crippen LogP contribution in [0.25, 0.3) is 5.57 Å². The molecule has 0 radical (unpaired) electrons. The van der Waals surface area contributed by atoms with E-state index in [9.17, 15) is 13.2 Å². The third kappa shape index (κ3) is 2.99. The van der Waals surface area contributed by atoms with Gasteiger partial charge in [-0.05, 0) is 23.8 Å². The zero-order valence-electron chi connectivity index (χ0n) is 7.62. The highest BCUT2D eigenvalue weighted by molar-refractivity contribution is 5.70. The van der Waals surface area contributed by atoms with E-state index in [1.807, 2.05) is 0 Å². The molecule has 0 saturated heterocycles. The van der Waals surface area contributed by atoms with Crippen molar-refractivity contribution in [3.8, 4) is 5.75 Å². The SMILES string of the molecule is OC/C=C(\c1cccc(O)c1)C(F)(F)F. The average Bonchev–Trinajstić information content (AvgIpc) is 2.12. The van der Waals surface area contributed by atoms with Crippen LogP contribution in [-0.2, 0) is 0 Å². The molecule has 0 fully saturated rings. The van der Waals surface area contributed by atoms with E-state index in [2.05, 4.69) is 0 Å². The summed E-state index contributed by atoms with van der Waals surface area (Å²) < 4.78 is 37.4. The number of phenols is 1. The van der Waals surface area contributed by atoms with Gasteiger partial charge in [-0.3, -0.25) is 0 Å². The minimum absolute atomic E-state index is 0.170. The van der Waals surface area contributed by atoms with E-state index >= 15 is 0 Å². The van der Waals surface area contributed by atoms with E-state index in [1.165, 1.54) is 18.2 Å². The zero-order valence-corrected chi connectivity index (χ0v) is 7.62. The highest BCUT2D eigenvalue weighted by atomic mass is 19.4. The summed E-state index contributed by atoms with van der Waals surface area (Å²) in [4.78, 5) is 0. The summed E-state index contributed by atoms with van der Waals surface area (Å²) in [7, 11) is 0. The Bertz CT molecular complexity index is 369. The highest BCUT2D eigenvalue weighted by Crippen LogP contribution is 2.34. The minimum Gasteiger partial charge on any atom is -0.508 e. The van der Waals surface area contributed by atoms with E-state index in [4.69, 9.17) is 10.2 Å². The van der Waals surface area contributed by atoms with Crippen LogP contribution < -0.4 is 0 Å². The number of phenolic OH excluding ortho intramolecular Hbond substituents is 1. The second-order valence-corrected chi connectivity index (χ2v) is 2.85. The first kappa shape index (κ1) is 11.6. The first-order valence-electron chi connectivity index (χ1n) is 4.13. The van der Waals surface area contributed by atoms with Crippen LogP contribution in [0.1, 0.15) is 5.56 Å². The Morgan fingerprint density at radius 1 is 1.33 bits per heavy atom. The number of benzene rings is 1. The number of aliphatic hydroxyl groups excluding tert-OH is 1. The van der Waals surface area contributed by atoms with Gasteiger partial charge in [-0.2, -0.15) is 13.2 Å². The summed E-state index contributed by atoms with van der Waals surface area (Å²) in [6.45, 7) is -0.704. The summed E-state index contributed by atoms with van der Waals surface area (Å²) in [5, 5.41) is 17.5. The Hall–Kier alpha value is -1.49. The fourth-order valence-corrected chi connectivity index (χ4v) is 1.16. The number of allylic oxidation sites excluding steroid dienone is 1. The third-order valence-corrected chi connectivity index (χ3v) is 1.76.